The highest BCUT2D eigenvalue weighted by molar-refractivity contribution is 6.30. The summed E-state index contributed by atoms with van der Waals surface area (Å²) >= 11 is 6.18. The van der Waals surface area contributed by atoms with E-state index < -0.39 is 0 Å². The Bertz CT molecular complexity index is 1280. The molecular formula is C24H24ClN5O. The first-order valence-corrected chi connectivity index (χ1v) is 10.5. The molecule has 0 spiro atoms. The summed E-state index contributed by atoms with van der Waals surface area (Å²) in [5.74, 6) is -0.107. The molecule has 31 heavy (non-hydrogen) atoms. The van der Waals surface area contributed by atoms with Crippen molar-refractivity contribution in [2.75, 3.05) is 12.8 Å². The summed E-state index contributed by atoms with van der Waals surface area (Å²) in [5, 5.41) is 5.72. The number of carbonyl (C=O) groups is 1. The second-order valence-electron chi connectivity index (χ2n) is 7.57. The zero-order chi connectivity index (χ0) is 22.1. The van der Waals surface area contributed by atoms with Gasteiger partial charge in [-0.3, -0.25) is 9.48 Å². The Morgan fingerprint density at radius 1 is 1.19 bits per heavy atom. The van der Waals surface area contributed by atoms with Gasteiger partial charge in [-0.2, -0.15) is 5.10 Å². The van der Waals surface area contributed by atoms with Crippen molar-refractivity contribution >= 4 is 34.1 Å². The van der Waals surface area contributed by atoms with Crippen LogP contribution in [-0.2, 0) is 13.1 Å². The molecule has 0 saturated carbocycles. The minimum Gasteiger partial charge on any atom is -0.399 e. The van der Waals surface area contributed by atoms with Gasteiger partial charge in [0.15, 0.2) is 0 Å². The van der Waals surface area contributed by atoms with Crippen LogP contribution in [0.5, 0.6) is 0 Å². The van der Waals surface area contributed by atoms with Crippen molar-refractivity contribution < 1.29 is 4.79 Å². The van der Waals surface area contributed by atoms with Crippen molar-refractivity contribution in [1.82, 2.24) is 19.7 Å². The molecule has 0 aliphatic rings. The average Bonchev–Trinajstić information content (AvgIpc) is 3.11. The molecule has 7 heteroatoms. The smallest absolute Gasteiger partial charge is 0.254 e. The van der Waals surface area contributed by atoms with Crippen LogP contribution in [0.1, 0.15) is 28.5 Å². The number of aromatic nitrogens is 3. The van der Waals surface area contributed by atoms with Gasteiger partial charge in [0.1, 0.15) is 0 Å². The molecule has 6 nitrogen and oxygen atoms in total. The molecule has 2 aromatic carbocycles. The number of carbonyl (C=O) groups excluding carboxylic acids is 1. The van der Waals surface area contributed by atoms with Crippen molar-refractivity contribution in [3.63, 3.8) is 0 Å². The fourth-order valence-corrected chi connectivity index (χ4v) is 3.90. The first kappa shape index (κ1) is 20.9. The molecule has 1 amide bonds. The van der Waals surface area contributed by atoms with E-state index in [0.717, 1.165) is 28.8 Å². The largest absolute Gasteiger partial charge is 0.399 e. The summed E-state index contributed by atoms with van der Waals surface area (Å²) in [4.78, 5) is 20.0. The van der Waals surface area contributed by atoms with Crippen LogP contribution < -0.4 is 5.73 Å². The predicted octanol–water partition coefficient (Wildman–Crippen LogP) is 4.93. The van der Waals surface area contributed by atoms with Gasteiger partial charge >= 0.3 is 0 Å². The minimum atomic E-state index is -0.107. The number of hydrogen-bond acceptors (Lipinski definition) is 4. The van der Waals surface area contributed by atoms with Crippen LogP contribution in [-0.4, -0.2) is 32.6 Å². The first-order chi connectivity index (χ1) is 14.9. The molecule has 158 valence electrons. The van der Waals surface area contributed by atoms with Gasteiger partial charge in [-0.15, -0.1) is 0 Å². The van der Waals surface area contributed by atoms with E-state index in [4.69, 9.17) is 22.3 Å². The van der Waals surface area contributed by atoms with Gasteiger partial charge in [0.2, 0.25) is 0 Å². The number of aryl methyl sites for hydroxylation is 1. The number of fused-ring (bicyclic) bond motifs is 1. The zero-order valence-electron chi connectivity index (χ0n) is 17.8. The van der Waals surface area contributed by atoms with E-state index >= 15 is 0 Å². The molecule has 0 saturated heterocycles. The number of hydrogen-bond donors (Lipinski definition) is 1. The van der Waals surface area contributed by atoms with Gasteiger partial charge in [0, 0.05) is 53.1 Å². The summed E-state index contributed by atoms with van der Waals surface area (Å²) in [6.45, 7) is 5.32. The molecule has 0 bridgehead atoms. The van der Waals surface area contributed by atoms with Gasteiger partial charge < -0.3 is 10.6 Å². The highest BCUT2D eigenvalue weighted by Crippen LogP contribution is 2.29. The lowest BCUT2D eigenvalue weighted by Crippen LogP contribution is -2.27. The van der Waals surface area contributed by atoms with Gasteiger partial charge in [-0.05, 0) is 50.2 Å². The molecule has 2 aromatic heterocycles. The third-order valence-corrected chi connectivity index (χ3v) is 5.68. The van der Waals surface area contributed by atoms with Gasteiger partial charge in [-0.25, -0.2) is 4.98 Å². The molecule has 0 fully saturated rings. The molecule has 2 heterocycles. The Labute approximate surface area is 186 Å². The van der Waals surface area contributed by atoms with E-state index in [1.54, 1.807) is 24.1 Å². The lowest BCUT2D eigenvalue weighted by molar-refractivity contribution is 0.0787. The molecule has 4 aromatic rings. The number of nitrogens with zero attached hydrogens (tertiary/aromatic N) is 4. The maximum absolute atomic E-state index is 13.5. The fourth-order valence-electron chi connectivity index (χ4n) is 3.71. The number of pyridine rings is 1. The number of benzene rings is 2. The summed E-state index contributed by atoms with van der Waals surface area (Å²) in [6, 6.07) is 14.7. The van der Waals surface area contributed by atoms with Crippen molar-refractivity contribution in [3.8, 4) is 11.3 Å². The minimum absolute atomic E-state index is 0.107. The standard InChI is InChI=1S/C24H24ClN5O/c1-4-30-15(2)17(13-27-30)14-29(3)24(31)21-12-23(16-6-5-7-18(25)10-16)28-22-9-8-19(26)11-20(21)22/h5-13H,4,14,26H2,1-3H3. The summed E-state index contributed by atoms with van der Waals surface area (Å²) in [5.41, 5.74) is 11.5. The van der Waals surface area contributed by atoms with Crippen LogP contribution in [0.25, 0.3) is 22.2 Å². The van der Waals surface area contributed by atoms with Crippen LogP contribution in [0.4, 0.5) is 5.69 Å². The molecule has 0 unspecified atom stereocenters. The highest BCUT2D eigenvalue weighted by atomic mass is 35.5. The number of halogens is 1. The first-order valence-electron chi connectivity index (χ1n) is 10.1. The Morgan fingerprint density at radius 2 is 2.00 bits per heavy atom. The van der Waals surface area contributed by atoms with E-state index in [0.29, 0.717) is 34.0 Å². The van der Waals surface area contributed by atoms with Crippen LogP contribution in [0, 0.1) is 6.92 Å². The number of rotatable bonds is 5. The fraction of sp³-hybridized carbons (Fsp3) is 0.208. The molecular weight excluding hydrogens is 410 g/mol. The SMILES string of the molecule is CCn1ncc(CN(C)C(=O)c2cc(-c3cccc(Cl)c3)nc3ccc(N)cc23)c1C. The number of nitrogen functional groups attached to an aromatic ring is 1. The third kappa shape index (κ3) is 4.11. The third-order valence-electron chi connectivity index (χ3n) is 5.44. The summed E-state index contributed by atoms with van der Waals surface area (Å²) in [7, 11) is 1.79. The van der Waals surface area contributed by atoms with E-state index in [-0.39, 0.29) is 5.91 Å². The second kappa shape index (κ2) is 8.40. The Balaban J connectivity index is 1.77. The van der Waals surface area contributed by atoms with Crippen LogP contribution >= 0.6 is 11.6 Å². The molecule has 4 rings (SSSR count). The highest BCUT2D eigenvalue weighted by Gasteiger charge is 2.19. The van der Waals surface area contributed by atoms with Crippen molar-refractivity contribution in [1.29, 1.82) is 0 Å². The van der Waals surface area contributed by atoms with E-state index in [1.165, 1.54) is 0 Å². The zero-order valence-corrected chi connectivity index (χ0v) is 18.5. The van der Waals surface area contributed by atoms with Gasteiger partial charge in [0.05, 0.1) is 23.0 Å². The van der Waals surface area contributed by atoms with Crippen LogP contribution in [0.3, 0.4) is 0 Å². The normalized spacial score (nSPS) is 11.1. The number of amides is 1. The van der Waals surface area contributed by atoms with E-state index in [1.807, 2.05) is 61.1 Å². The molecule has 0 radical (unpaired) electrons. The molecule has 0 aliphatic carbocycles. The molecule has 0 atom stereocenters. The van der Waals surface area contributed by atoms with E-state index in [2.05, 4.69) is 5.10 Å². The van der Waals surface area contributed by atoms with Gasteiger partial charge in [0.25, 0.3) is 5.91 Å². The average molecular weight is 434 g/mol. The summed E-state index contributed by atoms with van der Waals surface area (Å²) in [6.07, 6.45) is 1.82. The van der Waals surface area contributed by atoms with Gasteiger partial charge in [-0.1, -0.05) is 23.7 Å². The Hall–Kier alpha value is -3.38. The maximum Gasteiger partial charge on any atom is 0.254 e. The molecule has 0 aliphatic heterocycles. The maximum atomic E-state index is 13.5. The van der Waals surface area contributed by atoms with E-state index in [9.17, 15) is 4.79 Å². The van der Waals surface area contributed by atoms with Crippen LogP contribution in [0.15, 0.2) is 54.7 Å². The predicted molar refractivity (Wildman–Crippen MR) is 125 cm³/mol. The Kier molecular flexibility index (Phi) is 5.65. The second-order valence-corrected chi connectivity index (χ2v) is 8.01. The van der Waals surface area contributed by atoms with Crippen molar-refractivity contribution in [2.45, 2.75) is 26.9 Å². The van der Waals surface area contributed by atoms with Crippen molar-refractivity contribution in [2.24, 2.45) is 0 Å². The summed E-state index contributed by atoms with van der Waals surface area (Å²) < 4.78 is 1.92. The van der Waals surface area contributed by atoms with Crippen molar-refractivity contribution in [3.05, 3.63) is 76.6 Å². The lowest BCUT2D eigenvalue weighted by Gasteiger charge is -2.19. The number of nitrogens with two attached hydrogens (primary N) is 1. The van der Waals surface area contributed by atoms with Crippen LogP contribution in [0.2, 0.25) is 5.02 Å². The Morgan fingerprint density at radius 3 is 2.71 bits per heavy atom. The number of anilines is 1. The quantitative estimate of drug-likeness (QED) is 0.452. The molecule has 2 N–H and O–H groups in total. The lowest BCUT2D eigenvalue weighted by atomic mass is 10.0. The monoisotopic (exact) mass is 433 g/mol. The topological polar surface area (TPSA) is 77.0 Å².